The standard InChI is InChI=1S/C23H27N3O2/c1-14-7-8-15(2)20-19(14)16(3)21(25-20)23(28)26-12-9-17(10-13-26)22(27)18-6-4-5-11-24-18/h4-8,11,17,22,25,27H,9-10,12-13H2,1-3H3/t22-/m1/s1. The molecule has 28 heavy (non-hydrogen) atoms. The Labute approximate surface area is 165 Å². The Morgan fingerprint density at radius 1 is 1.14 bits per heavy atom. The van der Waals surface area contributed by atoms with E-state index >= 15 is 0 Å². The van der Waals surface area contributed by atoms with E-state index in [1.54, 1.807) is 6.20 Å². The van der Waals surface area contributed by atoms with E-state index in [0.29, 0.717) is 24.5 Å². The Kier molecular flexibility index (Phi) is 4.94. The number of aromatic nitrogens is 2. The number of H-pyrrole nitrogens is 1. The number of carbonyl (C=O) groups is 1. The number of fused-ring (bicyclic) bond motifs is 1. The van der Waals surface area contributed by atoms with E-state index in [0.717, 1.165) is 34.9 Å². The summed E-state index contributed by atoms with van der Waals surface area (Å²) in [4.78, 5) is 22.7. The highest BCUT2D eigenvalue weighted by molar-refractivity contribution is 6.02. The number of nitrogens with zero attached hydrogens (tertiary/aromatic N) is 2. The van der Waals surface area contributed by atoms with E-state index in [1.807, 2.05) is 30.0 Å². The Bertz CT molecular complexity index is 1000. The zero-order chi connectivity index (χ0) is 19.8. The van der Waals surface area contributed by atoms with Crippen LogP contribution in [0.2, 0.25) is 0 Å². The number of aliphatic hydroxyl groups is 1. The average Bonchev–Trinajstić information content (AvgIpc) is 3.09. The molecule has 2 aromatic heterocycles. The first-order chi connectivity index (χ1) is 13.5. The van der Waals surface area contributed by atoms with Crippen molar-refractivity contribution in [3.8, 4) is 0 Å². The molecule has 3 aromatic rings. The van der Waals surface area contributed by atoms with Crippen molar-refractivity contribution in [1.29, 1.82) is 0 Å². The molecular formula is C23H27N3O2. The summed E-state index contributed by atoms with van der Waals surface area (Å²) in [5.74, 6) is 0.186. The normalized spacial score (nSPS) is 16.5. The predicted octanol–water partition coefficient (Wildman–Crippen LogP) is 4.07. The third-order valence-electron chi connectivity index (χ3n) is 6.10. The first kappa shape index (κ1) is 18.7. The summed E-state index contributed by atoms with van der Waals surface area (Å²) in [5, 5.41) is 11.8. The van der Waals surface area contributed by atoms with Crippen molar-refractivity contribution in [1.82, 2.24) is 14.9 Å². The number of hydrogen-bond donors (Lipinski definition) is 2. The van der Waals surface area contributed by atoms with E-state index < -0.39 is 6.10 Å². The number of amides is 1. The number of aryl methyl sites for hydroxylation is 3. The van der Waals surface area contributed by atoms with E-state index in [9.17, 15) is 9.90 Å². The molecule has 146 valence electrons. The number of likely N-dealkylation sites (tertiary alicyclic amines) is 1. The van der Waals surface area contributed by atoms with E-state index in [4.69, 9.17) is 0 Å². The fourth-order valence-corrected chi connectivity index (χ4v) is 4.38. The zero-order valence-corrected chi connectivity index (χ0v) is 16.7. The van der Waals surface area contributed by atoms with Crippen LogP contribution in [-0.4, -0.2) is 39.0 Å². The number of pyridine rings is 1. The number of benzene rings is 1. The van der Waals surface area contributed by atoms with Crippen molar-refractivity contribution < 1.29 is 9.90 Å². The number of nitrogens with one attached hydrogen (secondary N) is 1. The summed E-state index contributed by atoms with van der Waals surface area (Å²) in [6, 6.07) is 9.81. The Balaban J connectivity index is 1.50. The van der Waals surface area contributed by atoms with Gasteiger partial charge < -0.3 is 15.0 Å². The van der Waals surface area contributed by atoms with Crippen LogP contribution in [0.25, 0.3) is 10.9 Å². The molecule has 1 aromatic carbocycles. The van der Waals surface area contributed by atoms with Gasteiger partial charge in [-0.15, -0.1) is 0 Å². The van der Waals surface area contributed by atoms with Crippen LogP contribution in [0.15, 0.2) is 36.5 Å². The Morgan fingerprint density at radius 2 is 1.86 bits per heavy atom. The topological polar surface area (TPSA) is 69.2 Å². The quantitative estimate of drug-likeness (QED) is 0.723. The Hall–Kier alpha value is -2.66. The average molecular weight is 377 g/mol. The van der Waals surface area contributed by atoms with Crippen LogP contribution in [0.1, 0.15) is 51.8 Å². The first-order valence-corrected chi connectivity index (χ1v) is 9.94. The molecule has 1 saturated heterocycles. The first-order valence-electron chi connectivity index (χ1n) is 9.94. The van der Waals surface area contributed by atoms with E-state index in [1.165, 1.54) is 5.56 Å². The van der Waals surface area contributed by atoms with Gasteiger partial charge in [-0.2, -0.15) is 0 Å². The highest BCUT2D eigenvalue weighted by Crippen LogP contribution is 2.32. The molecule has 0 saturated carbocycles. The van der Waals surface area contributed by atoms with Crippen LogP contribution in [0.4, 0.5) is 0 Å². The molecule has 1 aliphatic rings. The van der Waals surface area contributed by atoms with Gasteiger partial charge >= 0.3 is 0 Å². The minimum absolute atomic E-state index is 0.0540. The van der Waals surface area contributed by atoms with E-state index in [-0.39, 0.29) is 11.8 Å². The summed E-state index contributed by atoms with van der Waals surface area (Å²) < 4.78 is 0. The maximum Gasteiger partial charge on any atom is 0.270 e. The van der Waals surface area contributed by atoms with Gasteiger partial charge in [-0.25, -0.2) is 0 Å². The highest BCUT2D eigenvalue weighted by atomic mass is 16.3. The van der Waals surface area contributed by atoms with Crippen molar-refractivity contribution >= 4 is 16.8 Å². The summed E-state index contributed by atoms with van der Waals surface area (Å²) in [7, 11) is 0. The summed E-state index contributed by atoms with van der Waals surface area (Å²) >= 11 is 0. The maximum atomic E-state index is 13.2. The minimum Gasteiger partial charge on any atom is -0.387 e. The number of rotatable bonds is 3. The molecule has 0 aliphatic carbocycles. The van der Waals surface area contributed by atoms with Gasteiger partial charge in [-0.3, -0.25) is 9.78 Å². The van der Waals surface area contributed by atoms with Crippen LogP contribution in [0.3, 0.4) is 0 Å². The van der Waals surface area contributed by atoms with Crippen molar-refractivity contribution in [3.63, 3.8) is 0 Å². The third kappa shape index (κ3) is 3.20. The van der Waals surface area contributed by atoms with Crippen LogP contribution >= 0.6 is 0 Å². The number of hydrogen-bond acceptors (Lipinski definition) is 3. The lowest BCUT2D eigenvalue weighted by Crippen LogP contribution is -2.40. The fraction of sp³-hybridized carbons (Fsp3) is 0.391. The molecule has 5 heteroatoms. The van der Waals surface area contributed by atoms with Gasteiger partial charge in [0.2, 0.25) is 0 Å². The SMILES string of the molecule is Cc1ccc(C)c2c(C)c(C(=O)N3CCC([C@@H](O)c4ccccn4)CC3)[nH]c12. The molecule has 0 spiro atoms. The van der Waals surface area contributed by atoms with Gasteiger partial charge in [0.05, 0.1) is 11.8 Å². The second-order valence-corrected chi connectivity index (χ2v) is 7.90. The van der Waals surface area contributed by atoms with Crippen molar-refractivity contribution in [2.24, 2.45) is 5.92 Å². The van der Waals surface area contributed by atoms with Gasteiger partial charge in [0, 0.05) is 30.2 Å². The van der Waals surface area contributed by atoms with Crippen molar-refractivity contribution in [3.05, 3.63) is 64.6 Å². The van der Waals surface area contributed by atoms with Crippen LogP contribution in [0.5, 0.6) is 0 Å². The molecule has 0 unspecified atom stereocenters. The molecule has 2 N–H and O–H groups in total. The molecule has 3 heterocycles. The van der Waals surface area contributed by atoms with Gasteiger partial charge in [0.1, 0.15) is 5.69 Å². The lowest BCUT2D eigenvalue weighted by molar-refractivity contribution is 0.0444. The van der Waals surface area contributed by atoms with Gasteiger partial charge in [-0.1, -0.05) is 18.2 Å². The third-order valence-corrected chi connectivity index (χ3v) is 6.10. The monoisotopic (exact) mass is 377 g/mol. The minimum atomic E-state index is -0.571. The van der Waals surface area contributed by atoms with Crippen LogP contribution < -0.4 is 0 Å². The van der Waals surface area contributed by atoms with Crippen LogP contribution in [-0.2, 0) is 0 Å². The Morgan fingerprint density at radius 3 is 2.50 bits per heavy atom. The molecule has 0 bridgehead atoms. The summed E-state index contributed by atoms with van der Waals surface area (Å²) in [6.45, 7) is 7.48. The zero-order valence-electron chi connectivity index (χ0n) is 16.7. The summed E-state index contributed by atoms with van der Waals surface area (Å²) in [5.41, 5.74) is 5.82. The molecule has 1 fully saturated rings. The molecule has 0 radical (unpaired) electrons. The molecule has 4 rings (SSSR count). The fourth-order valence-electron chi connectivity index (χ4n) is 4.38. The molecule has 1 amide bonds. The largest absolute Gasteiger partial charge is 0.387 e. The molecule has 1 atom stereocenters. The number of aliphatic hydroxyl groups excluding tert-OH is 1. The number of piperidine rings is 1. The lowest BCUT2D eigenvalue weighted by Gasteiger charge is -2.34. The van der Waals surface area contributed by atoms with E-state index in [2.05, 4.69) is 35.9 Å². The number of carbonyl (C=O) groups excluding carboxylic acids is 1. The molecule has 1 aliphatic heterocycles. The van der Waals surface area contributed by atoms with Gasteiger partial charge in [0.25, 0.3) is 5.91 Å². The molecular weight excluding hydrogens is 350 g/mol. The number of aromatic amines is 1. The molecule has 5 nitrogen and oxygen atoms in total. The lowest BCUT2D eigenvalue weighted by atomic mass is 9.89. The van der Waals surface area contributed by atoms with Gasteiger partial charge in [0.15, 0.2) is 0 Å². The highest BCUT2D eigenvalue weighted by Gasteiger charge is 2.30. The maximum absolute atomic E-state index is 13.2. The van der Waals surface area contributed by atoms with Crippen molar-refractivity contribution in [2.45, 2.75) is 39.7 Å². The summed E-state index contributed by atoms with van der Waals surface area (Å²) in [6.07, 6.45) is 2.69. The second kappa shape index (κ2) is 7.40. The smallest absolute Gasteiger partial charge is 0.270 e. The van der Waals surface area contributed by atoms with Crippen LogP contribution in [0, 0.1) is 26.7 Å². The van der Waals surface area contributed by atoms with Gasteiger partial charge in [-0.05, 0) is 68.4 Å². The second-order valence-electron chi connectivity index (χ2n) is 7.90. The predicted molar refractivity (Wildman–Crippen MR) is 110 cm³/mol. The van der Waals surface area contributed by atoms with Crippen molar-refractivity contribution in [2.75, 3.05) is 13.1 Å².